The number of carbonyl (C=O) groups excluding carboxylic acids is 2. The van der Waals surface area contributed by atoms with E-state index >= 15 is 0 Å². The molecule has 108 valence electrons. The molecule has 0 aliphatic carbocycles. The van der Waals surface area contributed by atoms with Gasteiger partial charge in [-0.15, -0.1) is 0 Å². The second kappa shape index (κ2) is 9.54. The molecule has 0 amide bonds. The lowest BCUT2D eigenvalue weighted by molar-refractivity contribution is -0.154. The van der Waals surface area contributed by atoms with Crippen LogP contribution in [-0.4, -0.2) is 18.4 Å². The zero-order valence-electron chi connectivity index (χ0n) is 12.8. The normalized spacial score (nSPS) is 12.8. The molecule has 0 aliphatic heterocycles. The van der Waals surface area contributed by atoms with E-state index in [-0.39, 0.29) is 12.5 Å². The molecule has 1 atom stereocenters. The van der Waals surface area contributed by atoms with E-state index in [1.54, 1.807) is 6.92 Å². The van der Waals surface area contributed by atoms with Crippen molar-refractivity contribution in [2.75, 3.05) is 6.61 Å². The predicted octanol–water partition coefficient (Wildman–Crippen LogP) is 3.84. The van der Waals surface area contributed by atoms with Crippen molar-refractivity contribution >= 4 is 11.8 Å². The van der Waals surface area contributed by atoms with Crippen molar-refractivity contribution in [2.45, 2.75) is 53.9 Å². The molecule has 0 aromatic rings. The van der Waals surface area contributed by atoms with Crippen LogP contribution in [0.15, 0.2) is 23.3 Å². The maximum Gasteiger partial charge on any atom is 0.375 e. The van der Waals surface area contributed by atoms with Crippen LogP contribution in [0, 0.1) is 5.92 Å². The maximum atomic E-state index is 11.5. The van der Waals surface area contributed by atoms with Crippen LogP contribution in [0.1, 0.15) is 53.9 Å². The number of hydrogen-bond donors (Lipinski definition) is 0. The Kier molecular flexibility index (Phi) is 8.84. The van der Waals surface area contributed by atoms with Crippen molar-refractivity contribution in [2.24, 2.45) is 5.92 Å². The van der Waals surface area contributed by atoms with Gasteiger partial charge in [0, 0.05) is 5.92 Å². The highest BCUT2D eigenvalue weighted by Crippen LogP contribution is 2.07. The molecule has 19 heavy (non-hydrogen) atoms. The Morgan fingerprint density at radius 1 is 1.16 bits per heavy atom. The molecule has 3 heteroatoms. The first-order valence-electron chi connectivity index (χ1n) is 6.88. The fraction of sp³-hybridized carbons (Fsp3) is 0.625. The van der Waals surface area contributed by atoms with Crippen LogP contribution in [0.25, 0.3) is 0 Å². The third kappa shape index (κ3) is 8.36. The van der Waals surface area contributed by atoms with Crippen molar-refractivity contribution in [3.05, 3.63) is 23.3 Å². The summed E-state index contributed by atoms with van der Waals surface area (Å²) in [7, 11) is 0. The summed E-state index contributed by atoms with van der Waals surface area (Å²) < 4.78 is 4.94. The quantitative estimate of drug-likeness (QED) is 0.381. The molecule has 0 saturated carbocycles. The highest BCUT2D eigenvalue weighted by molar-refractivity contribution is 6.34. The number of hydrogen-bond acceptors (Lipinski definition) is 3. The van der Waals surface area contributed by atoms with Crippen molar-refractivity contribution in [3.8, 4) is 0 Å². The van der Waals surface area contributed by atoms with Crippen LogP contribution < -0.4 is 0 Å². The first-order chi connectivity index (χ1) is 8.88. The van der Waals surface area contributed by atoms with E-state index in [1.165, 1.54) is 11.1 Å². The van der Waals surface area contributed by atoms with Gasteiger partial charge in [-0.2, -0.15) is 0 Å². The minimum absolute atomic E-state index is 0.182. The monoisotopic (exact) mass is 266 g/mol. The predicted molar refractivity (Wildman–Crippen MR) is 77.8 cm³/mol. The van der Waals surface area contributed by atoms with E-state index in [4.69, 9.17) is 4.74 Å². The lowest BCUT2D eigenvalue weighted by atomic mass is 10.0. The standard InChI is InChI=1S/C16H26O3/c1-6-14(5)15(17)16(18)19-11-10-13(4)9-7-8-12(2)3/h8,10,14H,6-7,9,11H2,1-5H3/b13-10+. The van der Waals surface area contributed by atoms with E-state index in [1.807, 2.05) is 19.9 Å². The summed E-state index contributed by atoms with van der Waals surface area (Å²) in [5.74, 6) is -1.41. The SMILES string of the molecule is CCC(C)C(=O)C(=O)OC/C=C(\C)CCC=C(C)C. The average Bonchev–Trinajstić information content (AvgIpc) is 2.36. The molecule has 0 aromatic heterocycles. The maximum absolute atomic E-state index is 11.5. The number of allylic oxidation sites excluding steroid dienone is 3. The van der Waals surface area contributed by atoms with Crippen LogP contribution in [0.4, 0.5) is 0 Å². The highest BCUT2D eigenvalue weighted by Gasteiger charge is 2.20. The fourth-order valence-corrected chi connectivity index (χ4v) is 1.41. The third-order valence-electron chi connectivity index (χ3n) is 3.00. The van der Waals surface area contributed by atoms with Gasteiger partial charge in [-0.1, -0.05) is 31.1 Å². The molecule has 1 unspecified atom stereocenters. The Hall–Kier alpha value is -1.38. The summed E-state index contributed by atoms with van der Waals surface area (Å²) in [6, 6.07) is 0. The van der Waals surface area contributed by atoms with Crippen molar-refractivity contribution in [1.82, 2.24) is 0 Å². The molecule has 0 aliphatic rings. The largest absolute Gasteiger partial charge is 0.456 e. The van der Waals surface area contributed by atoms with E-state index in [0.717, 1.165) is 12.8 Å². The summed E-state index contributed by atoms with van der Waals surface area (Å²) in [5.41, 5.74) is 2.47. The van der Waals surface area contributed by atoms with E-state index < -0.39 is 11.8 Å². The minimum atomic E-state index is -0.720. The molecule has 0 rings (SSSR count). The van der Waals surface area contributed by atoms with Gasteiger partial charge in [0.05, 0.1) is 0 Å². The molecule has 0 N–H and O–H groups in total. The molecular weight excluding hydrogens is 240 g/mol. The first-order valence-corrected chi connectivity index (χ1v) is 6.88. The molecule has 0 fully saturated rings. The molecule has 3 nitrogen and oxygen atoms in total. The first kappa shape index (κ1) is 17.6. The second-order valence-corrected chi connectivity index (χ2v) is 5.14. The Bertz CT molecular complexity index is 360. The van der Waals surface area contributed by atoms with Crippen LogP contribution in [0.5, 0.6) is 0 Å². The zero-order valence-corrected chi connectivity index (χ0v) is 12.8. The number of carbonyl (C=O) groups is 2. The van der Waals surface area contributed by atoms with Gasteiger partial charge in [0.1, 0.15) is 6.61 Å². The molecule has 0 aromatic carbocycles. The zero-order chi connectivity index (χ0) is 14.8. The number of rotatable bonds is 8. The van der Waals surface area contributed by atoms with Gasteiger partial charge in [0.2, 0.25) is 5.78 Å². The Labute approximate surface area is 116 Å². The van der Waals surface area contributed by atoms with E-state index in [0.29, 0.717) is 6.42 Å². The summed E-state index contributed by atoms with van der Waals surface area (Å²) in [6.07, 6.45) is 6.63. The van der Waals surface area contributed by atoms with Crippen LogP contribution >= 0.6 is 0 Å². The Morgan fingerprint density at radius 2 is 1.79 bits per heavy atom. The number of ether oxygens (including phenoxy) is 1. The van der Waals surface area contributed by atoms with Crippen LogP contribution in [0.3, 0.4) is 0 Å². The van der Waals surface area contributed by atoms with E-state index in [9.17, 15) is 9.59 Å². The summed E-state index contributed by atoms with van der Waals surface area (Å²) in [5, 5.41) is 0. The molecule has 0 spiro atoms. The van der Waals surface area contributed by atoms with Gasteiger partial charge in [-0.3, -0.25) is 4.79 Å². The molecular formula is C16H26O3. The fourth-order valence-electron chi connectivity index (χ4n) is 1.41. The van der Waals surface area contributed by atoms with Gasteiger partial charge in [-0.05, 0) is 46.1 Å². The molecule has 0 bridgehead atoms. The van der Waals surface area contributed by atoms with Crippen molar-refractivity contribution < 1.29 is 14.3 Å². The highest BCUT2D eigenvalue weighted by atomic mass is 16.5. The van der Waals surface area contributed by atoms with Gasteiger partial charge < -0.3 is 4.74 Å². The summed E-state index contributed by atoms with van der Waals surface area (Å²) in [6.45, 7) is 9.95. The topological polar surface area (TPSA) is 43.4 Å². The number of Topliss-reactive ketones (excluding diaryl/α,β-unsaturated/α-hetero) is 1. The number of ketones is 1. The van der Waals surface area contributed by atoms with Crippen LogP contribution in [0.2, 0.25) is 0 Å². The average molecular weight is 266 g/mol. The lowest BCUT2D eigenvalue weighted by Gasteiger charge is -2.06. The van der Waals surface area contributed by atoms with Gasteiger partial charge >= 0.3 is 5.97 Å². The smallest absolute Gasteiger partial charge is 0.375 e. The van der Waals surface area contributed by atoms with Gasteiger partial charge in [0.15, 0.2) is 0 Å². The Morgan fingerprint density at radius 3 is 2.32 bits per heavy atom. The van der Waals surface area contributed by atoms with Gasteiger partial charge in [-0.25, -0.2) is 4.79 Å². The van der Waals surface area contributed by atoms with Crippen molar-refractivity contribution in [1.29, 1.82) is 0 Å². The number of esters is 1. The third-order valence-corrected chi connectivity index (χ3v) is 3.00. The molecule has 0 heterocycles. The summed E-state index contributed by atoms with van der Waals surface area (Å²) in [4.78, 5) is 22.9. The molecule has 0 radical (unpaired) electrons. The summed E-state index contributed by atoms with van der Waals surface area (Å²) >= 11 is 0. The second-order valence-electron chi connectivity index (χ2n) is 5.14. The van der Waals surface area contributed by atoms with Crippen molar-refractivity contribution in [3.63, 3.8) is 0 Å². The van der Waals surface area contributed by atoms with Crippen LogP contribution in [-0.2, 0) is 14.3 Å². The lowest BCUT2D eigenvalue weighted by Crippen LogP contribution is -2.23. The van der Waals surface area contributed by atoms with E-state index in [2.05, 4.69) is 19.9 Å². The van der Waals surface area contributed by atoms with Gasteiger partial charge in [0.25, 0.3) is 0 Å². The Balaban J connectivity index is 4.03. The minimum Gasteiger partial charge on any atom is -0.456 e. The molecule has 0 saturated heterocycles.